The first-order valence-corrected chi connectivity index (χ1v) is 3.34. The van der Waals surface area contributed by atoms with Crippen LogP contribution in [0.1, 0.15) is 10.4 Å². The lowest BCUT2D eigenvalue weighted by Gasteiger charge is -1.97. The van der Waals surface area contributed by atoms with Crippen LogP contribution in [0.5, 0.6) is 0 Å². The normalized spacial score (nSPS) is 8.69. The van der Waals surface area contributed by atoms with Gasteiger partial charge in [-0.1, -0.05) is 17.2 Å². The largest absolute Gasteiger partial charge is 0.370 e. The predicted molar refractivity (Wildman–Crippen MR) is 44.9 cm³/mol. The van der Waals surface area contributed by atoms with E-state index in [1.54, 1.807) is 0 Å². The van der Waals surface area contributed by atoms with Gasteiger partial charge in [-0.2, -0.15) is 5.90 Å². The Hall–Kier alpha value is -2.04. The van der Waals surface area contributed by atoms with Crippen molar-refractivity contribution in [2.45, 2.75) is 0 Å². The van der Waals surface area contributed by atoms with Crippen molar-refractivity contribution in [1.29, 1.82) is 0 Å². The number of benzene rings is 1. The van der Waals surface area contributed by atoms with Crippen molar-refractivity contribution in [1.82, 2.24) is 0 Å². The number of hydrogen-bond acceptors (Lipinski definition) is 4. The van der Waals surface area contributed by atoms with Gasteiger partial charge in [-0.05, 0) is 17.7 Å². The molecule has 0 spiro atoms. The van der Waals surface area contributed by atoms with Gasteiger partial charge in [-0.3, -0.25) is 0 Å². The highest BCUT2D eigenvalue weighted by atomic mass is 16.7. The van der Waals surface area contributed by atoms with Crippen LogP contribution in [0.2, 0.25) is 0 Å². The molecule has 0 aliphatic carbocycles. The highest BCUT2D eigenvalue weighted by molar-refractivity contribution is 5.89. The van der Waals surface area contributed by atoms with Crippen LogP contribution in [0, 0.1) is 0 Å². The second-order valence-electron chi connectivity index (χ2n) is 2.14. The molecule has 6 nitrogen and oxygen atoms in total. The van der Waals surface area contributed by atoms with E-state index in [4.69, 9.17) is 5.53 Å². The number of azide groups is 1. The van der Waals surface area contributed by atoms with E-state index in [2.05, 4.69) is 20.8 Å². The second-order valence-corrected chi connectivity index (χ2v) is 2.14. The summed E-state index contributed by atoms with van der Waals surface area (Å²) in [5, 5.41) is 3.33. The first-order valence-electron chi connectivity index (χ1n) is 3.34. The van der Waals surface area contributed by atoms with Crippen LogP contribution in [0.15, 0.2) is 29.4 Å². The van der Waals surface area contributed by atoms with E-state index >= 15 is 0 Å². The molecule has 0 aliphatic heterocycles. The minimum Gasteiger partial charge on any atom is -0.370 e. The van der Waals surface area contributed by atoms with Crippen LogP contribution >= 0.6 is 0 Å². The van der Waals surface area contributed by atoms with E-state index in [9.17, 15) is 4.79 Å². The predicted octanol–water partition coefficient (Wildman–Crippen LogP) is 1.66. The van der Waals surface area contributed by atoms with Gasteiger partial charge in [0.2, 0.25) is 0 Å². The van der Waals surface area contributed by atoms with Crippen molar-refractivity contribution in [2.24, 2.45) is 11.0 Å². The molecule has 0 aromatic heterocycles. The zero-order valence-corrected chi connectivity index (χ0v) is 6.54. The van der Waals surface area contributed by atoms with Crippen molar-refractivity contribution in [3.8, 4) is 0 Å². The molecule has 2 N–H and O–H groups in total. The third-order valence-electron chi connectivity index (χ3n) is 1.37. The number of nitrogens with zero attached hydrogens (tertiary/aromatic N) is 3. The lowest BCUT2D eigenvalue weighted by Crippen LogP contribution is -2.09. The molecule has 0 heterocycles. The smallest absolute Gasteiger partial charge is 0.356 e. The van der Waals surface area contributed by atoms with Gasteiger partial charge in [-0.15, -0.1) is 0 Å². The molecule has 1 aromatic rings. The molecule has 0 saturated carbocycles. The van der Waals surface area contributed by atoms with E-state index in [-0.39, 0.29) is 0 Å². The van der Waals surface area contributed by atoms with Crippen LogP contribution in [0.4, 0.5) is 5.69 Å². The molecular formula is C7H6N4O2. The Morgan fingerprint density at radius 2 is 2.08 bits per heavy atom. The maximum atomic E-state index is 10.8. The summed E-state index contributed by atoms with van der Waals surface area (Å²) in [5.41, 5.74) is 8.82. The SMILES string of the molecule is [N-]=[N+]=Nc1ccc(C(=O)ON)cc1. The fourth-order valence-corrected chi connectivity index (χ4v) is 0.784. The topological polar surface area (TPSA) is 101 Å². The fraction of sp³-hybridized carbons (Fsp3) is 0. The molecule has 6 heteroatoms. The Morgan fingerprint density at radius 3 is 2.54 bits per heavy atom. The van der Waals surface area contributed by atoms with Crippen LogP contribution in [-0.2, 0) is 4.84 Å². The summed E-state index contributed by atoms with van der Waals surface area (Å²) < 4.78 is 0. The second kappa shape index (κ2) is 4.10. The van der Waals surface area contributed by atoms with Crippen molar-refractivity contribution in [2.75, 3.05) is 0 Å². The lowest BCUT2D eigenvalue weighted by atomic mass is 10.2. The summed E-state index contributed by atoms with van der Waals surface area (Å²) in [7, 11) is 0. The Labute approximate surface area is 73.5 Å². The molecule has 0 amide bonds. The van der Waals surface area contributed by atoms with Gasteiger partial charge < -0.3 is 4.84 Å². The molecule has 66 valence electrons. The number of carbonyl (C=O) groups is 1. The van der Waals surface area contributed by atoms with E-state index in [1.807, 2.05) is 0 Å². The van der Waals surface area contributed by atoms with E-state index in [1.165, 1.54) is 24.3 Å². The van der Waals surface area contributed by atoms with Gasteiger partial charge in [-0.25, -0.2) is 4.79 Å². The van der Waals surface area contributed by atoms with Gasteiger partial charge in [0.15, 0.2) is 0 Å². The molecular weight excluding hydrogens is 172 g/mol. The van der Waals surface area contributed by atoms with Crippen molar-refractivity contribution >= 4 is 11.7 Å². The van der Waals surface area contributed by atoms with Gasteiger partial charge in [0.1, 0.15) is 0 Å². The third-order valence-corrected chi connectivity index (χ3v) is 1.37. The number of hydrogen-bond donors (Lipinski definition) is 1. The highest BCUT2D eigenvalue weighted by Gasteiger charge is 2.03. The molecule has 1 rings (SSSR count). The zero-order chi connectivity index (χ0) is 9.68. The van der Waals surface area contributed by atoms with Crippen LogP contribution in [0.25, 0.3) is 10.4 Å². The Kier molecular flexibility index (Phi) is 2.86. The van der Waals surface area contributed by atoms with Crippen LogP contribution in [0.3, 0.4) is 0 Å². The summed E-state index contributed by atoms with van der Waals surface area (Å²) in [6, 6.07) is 5.90. The van der Waals surface area contributed by atoms with Gasteiger partial charge in [0.05, 0.1) is 5.56 Å². The van der Waals surface area contributed by atoms with Crippen LogP contribution in [-0.4, -0.2) is 5.97 Å². The van der Waals surface area contributed by atoms with Crippen LogP contribution < -0.4 is 5.90 Å². The average molecular weight is 178 g/mol. The minimum absolute atomic E-state index is 0.305. The molecule has 0 aliphatic rings. The maximum Gasteiger partial charge on any atom is 0.356 e. The molecule has 13 heavy (non-hydrogen) atoms. The zero-order valence-electron chi connectivity index (χ0n) is 6.54. The number of rotatable bonds is 2. The maximum absolute atomic E-state index is 10.8. The Balaban J connectivity index is 2.93. The van der Waals surface area contributed by atoms with Gasteiger partial charge in [0.25, 0.3) is 0 Å². The molecule has 0 saturated heterocycles. The summed E-state index contributed by atoms with van der Waals surface area (Å²) in [6.07, 6.45) is 0. The van der Waals surface area contributed by atoms with E-state index in [0.717, 1.165) is 0 Å². The monoisotopic (exact) mass is 178 g/mol. The van der Waals surface area contributed by atoms with Crippen molar-refractivity contribution < 1.29 is 9.63 Å². The van der Waals surface area contributed by atoms with Crippen molar-refractivity contribution in [3.63, 3.8) is 0 Å². The molecule has 0 radical (unpaired) electrons. The minimum atomic E-state index is -0.632. The molecule has 0 fully saturated rings. The molecule has 1 aromatic carbocycles. The summed E-state index contributed by atoms with van der Waals surface area (Å²) >= 11 is 0. The quantitative estimate of drug-likeness (QED) is 0.322. The summed E-state index contributed by atoms with van der Waals surface area (Å²) in [5.74, 6) is 4.04. The first kappa shape index (κ1) is 9.05. The highest BCUT2D eigenvalue weighted by Crippen LogP contribution is 2.13. The van der Waals surface area contributed by atoms with Gasteiger partial charge >= 0.3 is 5.97 Å². The number of nitrogens with two attached hydrogens (primary N) is 1. The first-order chi connectivity index (χ1) is 6.27. The molecule has 0 bridgehead atoms. The average Bonchev–Trinajstić information content (AvgIpc) is 2.18. The third kappa shape index (κ3) is 2.19. The van der Waals surface area contributed by atoms with Crippen molar-refractivity contribution in [3.05, 3.63) is 40.3 Å². The summed E-state index contributed by atoms with van der Waals surface area (Å²) in [4.78, 5) is 17.4. The Morgan fingerprint density at radius 1 is 1.46 bits per heavy atom. The molecule has 0 unspecified atom stereocenters. The van der Waals surface area contributed by atoms with Gasteiger partial charge in [0, 0.05) is 10.6 Å². The number of carbonyl (C=O) groups excluding carboxylic acids is 1. The Bertz CT molecular complexity index is 353. The van der Waals surface area contributed by atoms with E-state index in [0.29, 0.717) is 11.3 Å². The summed E-state index contributed by atoms with van der Waals surface area (Å²) in [6.45, 7) is 0. The van der Waals surface area contributed by atoms with E-state index < -0.39 is 5.97 Å². The standard InChI is InChI=1S/C7H6N4O2/c8-11-10-6-3-1-5(2-4-6)7(12)13-9/h1-4H,9H2. The fourth-order valence-electron chi connectivity index (χ4n) is 0.784. The lowest BCUT2D eigenvalue weighted by molar-refractivity contribution is 0.0503. The molecule has 0 atom stereocenters.